The highest BCUT2D eigenvalue weighted by molar-refractivity contribution is 7.89. The van der Waals surface area contributed by atoms with Crippen molar-refractivity contribution in [3.63, 3.8) is 0 Å². The molecule has 0 fully saturated rings. The maximum atomic E-state index is 12.3. The summed E-state index contributed by atoms with van der Waals surface area (Å²) in [6, 6.07) is 10.0. The van der Waals surface area contributed by atoms with Crippen LogP contribution in [-0.4, -0.2) is 32.8 Å². The number of rotatable bonds is 7. The number of carbonyl (C=O) groups excluding carboxylic acids is 1. The van der Waals surface area contributed by atoms with Crippen LogP contribution in [0, 0.1) is 10.1 Å². The smallest absolute Gasteiger partial charge is 0.270 e. The number of nitro benzene ring substituents is 1. The summed E-state index contributed by atoms with van der Waals surface area (Å²) in [4.78, 5) is 22.6. The average molecular weight is 378 g/mol. The van der Waals surface area contributed by atoms with Crippen molar-refractivity contribution >= 4 is 27.3 Å². The summed E-state index contributed by atoms with van der Waals surface area (Å²) in [6.45, 7) is 0.277. The third-order valence-electron chi connectivity index (χ3n) is 3.68. The molecule has 0 aliphatic carbocycles. The van der Waals surface area contributed by atoms with E-state index in [1.54, 1.807) is 19.2 Å². The first-order valence-corrected chi connectivity index (χ1v) is 9.13. The van der Waals surface area contributed by atoms with Crippen LogP contribution in [0.25, 0.3) is 0 Å². The highest BCUT2D eigenvalue weighted by Gasteiger charge is 2.16. The van der Waals surface area contributed by atoms with Gasteiger partial charge in [-0.25, -0.2) is 13.6 Å². The lowest BCUT2D eigenvalue weighted by molar-refractivity contribution is -0.384. The van der Waals surface area contributed by atoms with E-state index in [0.717, 1.165) is 5.56 Å². The van der Waals surface area contributed by atoms with E-state index in [1.165, 1.54) is 30.3 Å². The van der Waals surface area contributed by atoms with Crippen molar-refractivity contribution < 1.29 is 18.1 Å². The topological polar surface area (TPSA) is 144 Å². The SMILES string of the molecule is CNc1ccc([N+](=O)[O-])cc1C(=O)NCCc1ccc(S(N)(=O)=O)cc1. The molecular weight excluding hydrogens is 360 g/mol. The Balaban J connectivity index is 2.03. The lowest BCUT2D eigenvalue weighted by Gasteiger charge is -2.10. The number of amides is 1. The molecule has 4 N–H and O–H groups in total. The number of hydrogen-bond donors (Lipinski definition) is 3. The first-order valence-electron chi connectivity index (χ1n) is 7.58. The molecule has 0 unspecified atom stereocenters. The zero-order valence-electron chi connectivity index (χ0n) is 13.9. The number of non-ortho nitro benzene ring substituents is 1. The Morgan fingerprint density at radius 1 is 1.19 bits per heavy atom. The van der Waals surface area contributed by atoms with Crippen LogP contribution in [0.5, 0.6) is 0 Å². The molecule has 0 radical (unpaired) electrons. The van der Waals surface area contributed by atoms with E-state index < -0.39 is 20.9 Å². The molecule has 26 heavy (non-hydrogen) atoms. The van der Waals surface area contributed by atoms with Gasteiger partial charge in [0, 0.05) is 31.4 Å². The van der Waals surface area contributed by atoms with Crippen LogP contribution >= 0.6 is 0 Å². The maximum Gasteiger partial charge on any atom is 0.270 e. The summed E-state index contributed by atoms with van der Waals surface area (Å²) in [6.07, 6.45) is 0.459. The predicted molar refractivity (Wildman–Crippen MR) is 96.5 cm³/mol. The first-order chi connectivity index (χ1) is 12.2. The van der Waals surface area contributed by atoms with Crippen molar-refractivity contribution in [1.29, 1.82) is 0 Å². The fraction of sp³-hybridized carbons (Fsp3) is 0.188. The van der Waals surface area contributed by atoms with Crippen LogP contribution in [0.1, 0.15) is 15.9 Å². The van der Waals surface area contributed by atoms with Gasteiger partial charge < -0.3 is 10.6 Å². The Morgan fingerprint density at radius 2 is 1.85 bits per heavy atom. The normalized spacial score (nSPS) is 11.0. The molecule has 2 aromatic carbocycles. The van der Waals surface area contributed by atoms with Crippen LogP contribution in [0.4, 0.5) is 11.4 Å². The third kappa shape index (κ3) is 4.77. The monoisotopic (exact) mass is 378 g/mol. The van der Waals surface area contributed by atoms with Crippen LogP contribution in [0.15, 0.2) is 47.4 Å². The molecule has 1 amide bonds. The molecule has 2 rings (SSSR count). The van der Waals surface area contributed by atoms with E-state index in [4.69, 9.17) is 5.14 Å². The average Bonchev–Trinajstić information content (AvgIpc) is 2.60. The minimum absolute atomic E-state index is 0.0144. The number of nitrogens with zero attached hydrogens (tertiary/aromatic N) is 1. The van der Waals surface area contributed by atoms with Gasteiger partial charge in [-0.1, -0.05) is 12.1 Å². The van der Waals surface area contributed by atoms with Gasteiger partial charge in [0.25, 0.3) is 11.6 Å². The van der Waals surface area contributed by atoms with Gasteiger partial charge in [-0.15, -0.1) is 0 Å². The van der Waals surface area contributed by atoms with Gasteiger partial charge in [0.15, 0.2) is 0 Å². The molecule has 10 heteroatoms. The predicted octanol–water partition coefficient (Wildman–Crippen LogP) is 1.26. The highest BCUT2D eigenvalue weighted by atomic mass is 32.2. The Kier molecular flexibility index (Phi) is 5.90. The van der Waals surface area contributed by atoms with Crippen molar-refractivity contribution in [3.8, 4) is 0 Å². The number of nitrogens with two attached hydrogens (primary N) is 1. The second kappa shape index (κ2) is 7.93. The van der Waals surface area contributed by atoms with Crippen LogP contribution in [0.2, 0.25) is 0 Å². The first kappa shape index (κ1) is 19.3. The lowest BCUT2D eigenvalue weighted by Crippen LogP contribution is -2.26. The summed E-state index contributed by atoms with van der Waals surface area (Å²) >= 11 is 0. The molecule has 9 nitrogen and oxygen atoms in total. The number of primary sulfonamides is 1. The van der Waals surface area contributed by atoms with Crippen LogP contribution in [0.3, 0.4) is 0 Å². The van der Waals surface area contributed by atoms with Crippen molar-refractivity contribution in [2.45, 2.75) is 11.3 Å². The standard InChI is InChI=1S/C16H18N4O5S/c1-18-15-7-4-12(20(22)23)10-14(15)16(21)19-9-8-11-2-5-13(6-3-11)26(17,24)25/h2-7,10,18H,8-9H2,1H3,(H,19,21)(H2,17,24,25). The zero-order valence-corrected chi connectivity index (χ0v) is 14.7. The number of carbonyl (C=O) groups is 1. The number of benzene rings is 2. The second-order valence-electron chi connectivity index (χ2n) is 5.43. The number of anilines is 1. The Bertz CT molecular complexity index is 926. The molecule has 0 aromatic heterocycles. The van der Waals surface area contributed by atoms with Gasteiger partial charge in [-0.05, 0) is 30.2 Å². The van der Waals surface area contributed by atoms with Crippen LogP contribution < -0.4 is 15.8 Å². The maximum absolute atomic E-state index is 12.3. The third-order valence-corrected chi connectivity index (χ3v) is 4.61. The summed E-state index contributed by atoms with van der Waals surface area (Å²) in [5.74, 6) is -0.445. The van der Waals surface area contributed by atoms with Crippen LogP contribution in [-0.2, 0) is 16.4 Å². The quantitative estimate of drug-likeness (QED) is 0.488. The van der Waals surface area contributed by atoms with Gasteiger partial charge >= 0.3 is 0 Å². The van der Waals surface area contributed by atoms with Gasteiger partial charge in [0.1, 0.15) is 0 Å². The lowest BCUT2D eigenvalue weighted by atomic mass is 10.1. The molecule has 0 heterocycles. The zero-order chi connectivity index (χ0) is 19.3. The van der Waals surface area contributed by atoms with Crippen molar-refractivity contribution in [1.82, 2.24) is 5.32 Å². The second-order valence-corrected chi connectivity index (χ2v) is 6.99. The number of nitrogens with one attached hydrogen (secondary N) is 2. The molecule has 2 aromatic rings. The van der Waals surface area contributed by atoms with Crippen molar-refractivity contribution in [3.05, 3.63) is 63.7 Å². The molecule has 0 spiro atoms. The van der Waals surface area contributed by atoms with E-state index in [2.05, 4.69) is 10.6 Å². The summed E-state index contributed by atoms with van der Waals surface area (Å²) < 4.78 is 22.4. The van der Waals surface area contributed by atoms with E-state index in [-0.39, 0.29) is 22.7 Å². The molecule has 138 valence electrons. The highest BCUT2D eigenvalue weighted by Crippen LogP contribution is 2.21. The minimum Gasteiger partial charge on any atom is -0.387 e. The fourth-order valence-corrected chi connectivity index (χ4v) is 2.83. The molecule has 0 atom stereocenters. The fourth-order valence-electron chi connectivity index (χ4n) is 2.31. The molecule has 0 saturated carbocycles. The number of hydrogen-bond acceptors (Lipinski definition) is 6. The van der Waals surface area contributed by atoms with Gasteiger partial charge in [0.2, 0.25) is 10.0 Å². The molecular formula is C16H18N4O5S. The van der Waals surface area contributed by atoms with E-state index in [9.17, 15) is 23.3 Å². The number of nitro groups is 1. The summed E-state index contributed by atoms with van der Waals surface area (Å²) in [5.41, 5.74) is 1.29. The minimum atomic E-state index is -3.74. The van der Waals surface area contributed by atoms with Crippen molar-refractivity contribution in [2.24, 2.45) is 5.14 Å². The molecule has 0 saturated heterocycles. The van der Waals surface area contributed by atoms with E-state index >= 15 is 0 Å². The van der Waals surface area contributed by atoms with Crippen molar-refractivity contribution in [2.75, 3.05) is 18.9 Å². The largest absolute Gasteiger partial charge is 0.387 e. The Labute approximate surface area is 150 Å². The number of sulfonamides is 1. The Hall–Kier alpha value is -2.98. The van der Waals surface area contributed by atoms with E-state index in [0.29, 0.717) is 12.1 Å². The van der Waals surface area contributed by atoms with Gasteiger partial charge in [0.05, 0.1) is 15.4 Å². The van der Waals surface area contributed by atoms with Gasteiger partial charge in [-0.3, -0.25) is 14.9 Å². The molecule has 0 bridgehead atoms. The van der Waals surface area contributed by atoms with Gasteiger partial charge in [-0.2, -0.15) is 0 Å². The molecule has 0 aliphatic heterocycles. The summed E-state index contributed by atoms with van der Waals surface area (Å²) in [5, 5.41) is 21.4. The molecule has 0 aliphatic rings. The Morgan fingerprint density at radius 3 is 2.38 bits per heavy atom. The van der Waals surface area contributed by atoms with E-state index in [1.807, 2.05) is 0 Å². The summed E-state index contributed by atoms with van der Waals surface area (Å²) in [7, 11) is -2.12.